The topological polar surface area (TPSA) is 63.0 Å². The quantitative estimate of drug-likeness (QED) is 0.242. The lowest BCUT2D eigenvalue weighted by Crippen LogP contribution is -3.12. The van der Waals surface area contributed by atoms with Crippen molar-refractivity contribution in [3.05, 3.63) is 0 Å². The first-order valence-electron chi connectivity index (χ1n) is 5.13. The second kappa shape index (κ2) is 5.80. The molecule has 0 unspecified atom stereocenters. The standard InChI is InChI=1S/C9H19N3O/c10-9(11-13)5-4-8-12-6-2-1-3-7-12/h13H,1-8H2,(H2,10,11)/p+1. The number of nitrogens with one attached hydrogen (secondary N) is 1. The van der Waals surface area contributed by atoms with E-state index in [9.17, 15) is 0 Å². The molecule has 76 valence electrons. The minimum absolute atomic E-state index is 0.358. The summed E-state index contributed by atoms with van der Waals surface area (Å²) < 4.78 is 0. The second-order valence-electron chi connectivity index (χ2n) is 3.76. The lowest BCUT2D eigenvalue weighted by molar-refractivity contribution is -0.905. The number of nitrogens with zero attached hydrogens (tertiary/aromatic N) is 1. The van der Waals surface area contributed by atoms with Crippen molar-refractivity contribution >= 4 is 5.84 Å². The molecule has 0 atom stereocenters. The van der Waals surface area contributed by atoms with E-state index < -0.39 is 0 Å². The summed E-state index contributed by atoms with van der Waals surface area (Å²) in [4.78, 5) is 1.68. The average molecular weight is 186 g/mol. The van der Waals surface area contributed by atoms with E-state index in [1.165, 1.54) is 32.4 Å². The fourth-order valence-electron chi connectivity index (χ4n) is 1.87. The van der Waals surface area contributed by atoms with Crippen LogP contribution >= 0.6 is 0 Å². The Morgan fingerprint density at radius 1 is 1.31 bits per heavy atom. The maximum absolute atomic E-state index is 8.33. The predicted molar refractivity (Wildman–Crippen MR) is 52.1 cm³/mol. The van der Waals surface area contributed by atoms with Gasteiger partial charge in [0.05, 0.1) is 19.6 Å². The third-order valence-electron chi connectivity index (χ3n) is 2.65. The molecule has 4 N–H and O–H groups in total. The lowest BCUT2D eigenvalue weighted by Gasteiger charge is -2.23. The van der Waals surface area contributed by atoms with E-state index in [-0.39, 0.29) is 0 Å². The molecule has 0 aromatic rings. The van der Waals surface area contributed by atoms with Gasteiger partial charge < -0.3 is 15.8 Å². The van der Waals surface area contributed by atoms with Crippen LogP contribution in [0.2, 0.25) is 0 Å². The molecule has 1 heterocycles. The molecule has 0 bridgehead atoms. The Labute approximate surface area is 79.4 Å². The summed E-state index contributed by atoms with van der Waals surface area (Å²) in [5, 5.41) is 11.3. The molecule has 0 spiro atoms. The van der Waals surface area contributed by atoms with Gasteiger partial charge in [0.1, 0.15) is 5.84 Å². The maximum Gasteiger partial charge on any atom is 0.139 e. The predicted octanol–water partition coefficient (Wildman–Crippen LogP) is -0.418. The molecule has 1 rings (SSSR count). The molecule has 4 heteroatoms. The van der Waals surface area contributed by atoms with Crippen LogP contribution < -0.4 is 10.6 Å². The lowest BCUT2D eigenvalue weighted by atomic mass is 10.1. The number of oxime groups is 1. The monoisotopic (exact) mass is 186 g/mol. The van der Waals surface area contributed by atoms with E-state index >= 15 is 0 Å². The summed E-state index contributed by atoms with van der Waals surface area (Å²) in [5.74, 6) is 0.358. The third kappa shape index (κ3) is 4.12. The van der Waals surface area contributed by atoms with Crippen LogP contribution in [0.5, 0.6) is 0 Å². The largest absolute Gasteiger partial charge is 0.409 e. The number of quaternary nitrogens is 1. The Morgan fingerprint density at radius 2 is 2.00 bits per heavy atom. The van der Waals surface area contributed by atoms with Gasteiger partial charge in [0.25, 0.3) is 0 Å². The Hall–Kier alpha value is -0.770. The van der Waals surface area contributed by atoms with Gasteiger partial charge in [-0.1, -0.05) is 5.16 Å². The average Bonchev–Trinajstić information content (AvgIpc) is 2.19. The molecule has 0 amide bonds. The van der Waals surface area contributed by atoms with Gasteiger partial charge in [-0.3, -0.25) is 0 Å². The van der Waals surface area contributed by atoms with E-state index in [4.69, 9.17) is 10.9 Å². The van der Waals surface area contributed by atoms with Crippen LogP contribution in [-0.2, 0) is 0 Å². The zero-order valence-corrected chi connectivity index (χ0v) is 8.13. The first kappa shape index (κ1) is 10.3. The van der Waals surface area contributed by atoms with Crippen LogP contribution in [0, 0.1) is 0 Å². The van der Waals surface area contributed by atoms with Gasteiger partial charge in [-0.15, -0.1) is 0 Å². The highest BCUT2D eigenvalue weighted by Crippen LogP contribution is 1.95. The fourth-order valence-corrected chi connectivity index (χ4v) is 1.87. The number of piperidine rings is 1. The van der Waals surface area contributed by atoms with E-state index in [0.717, 1.165) is 19.4 Å². The molecule has 1 saturated heterocycles. The molecular formula is C9H20N3O+. The van der Waals surface area contributed by atoms with Crippen LogP contribution in [0.15, 0.2) is 5.16 Å². The van der Waals surface area contributed by atoms with Crippen LogP contribution in [-0.4, -0.2) is 30.7 Å². The molecule has 0 radical (unpaired) electrons. The van der Waals surface area contributed by atoms with Crippen molar-refractivity contribution in [2.75, 3.05) is 19.6 Å². The maximum atomic E-state index is 8.33. The fraction of sp³-hybridized carbons (Fsp3) is 0.889. The highest BCUT2D eigenvalue weighted by atomic mass is 16.4. The molecule has 0 saturated carbocycles. The zero-order chi connectivity index (χ0) is 9.52. The van der Waals surface area contributed by atoms with Gasteiger partial charge in [-0.2, -0.15) is 0 Å². The highest BCUT2D eigenvalue weighted by molar-refractivity contribution is 5.79. The molecule has 1 fully saturated rings. The molecular weight excluding hydrogens is 166 g/mol. The van der Waals surface area contributed by atoms with Crippen LogP contribution in [0.4, 0.5) is 0 Å². The van der Waals surface area contributed by atoms with Crippen LogP contribution in [0.3, 0.4) is 0 Å². The molecule has 0 aromatic carbocycles. The summed E-state index contributed by atoms with van der Waals surface area (Å²) in [6, 6.07) is 0. The number of nitrogens with two attached hydrogens (primary N) is 1. The van der Waals surface area contributed by atoms with Gasteiger partial charge in [0.15, 0.2) is 0 Å². The molecule has 0 aliphatic carbocycles. The van der Waals surface area contributed by atoms with Crippen molar-refractivity contribution < 1.29 is 10.1 Å². The smallest absolute Gasteiger partial charge is 0.139 e. The van der Waals surface area contributed by atoms with E-state index in [0.29, 0.717) is 5.84 Å². The van der Waals surface area contributed by atoms with Crippen molar-refractivity contribution in [3.63, 3.8) is 0 Å². The number of rotatable bonds is 4. The van der Waals surface area contributed by atoms with Gasteiger partial charge in [0.2, 0.25) is 0 Å². The zero-order valence-electron chi connectivity index (χ0n) is 8.13. The Bertz CT molecular complexity index is 164. The Kier molecular flexibility index (Phi) is 4.60. The number of hydrogen-bond acceptors (Lipinski definition) is 2. The number of likely N-dealkylation sites (tertiary alicyclic amines) is 1. The molecule has 0 aromatic heterocycles. The summed E-state index contributed by atoms with van der Waals surface area (Å²) >= 11 is 0. The van der Waals surface area contributed by atoms with Crippen molar-refractivity contribution in [1.29, 1.82) is 0 Å². The van der Waals surface area contributed by atoms with Crippen molar-refractivity contribution in [2.24, 2.45) is 10.9 Å². The van der Waals surface area contributed by atoms with E-state index in [1.54, 1.807) is 4.90 Å². The summed E-state index contributed by atoms with van der Waals surface area (Å²) in [6.45, 7) is 3.77. The van der Waals surface area contributed by atoms with Gasteiger partial charge >= 0.3 is 0 Å². The third-order valence-corrected chi connectivity index (χ3v) is 2.65. The molecule has 13 heavy (non-hydrogen) atoms. The first-order valence-corrected chi connectivity index (χ1v) is 5.13. The van der Waals surface area contributed by atoms with Crippen molar-refractivity contribution in [3.8, 4) is 0 Å². The summed E-state index contributed by atoms with van der Waals surface area (Å²) in [6.07, 6.45) is 5.87. The van der Waals surface area contributed by atoms with Gasteiger partial charge in [0, 0.05) is 12.8 Å². The first-order chi connectivity index (χ1) is 6.33. The molecule has 1 aliphatic heterocycles. The van der Waals surface area contributed by atoms with Gasteiger partial charge in [-0.05, 0) is 19.3 Å². The Balaban J connectivity index is 2.04. The number of amidine groups is 1. The minimum Gasteiger partial charge on any atom is -0.409 e. The Morgan fingerprint density at radius 3 is 2.62 bits per heavy atom. The normalized spacial score (nSPS) is 20.5. The van der Waals surface area contributed by atoms with Gasteiger partial charge in [-0.25, -0.2) is 0 Å². The van der Waals surface area contributed by atoms with Crippen LogP contribution in [0.25, 0.3) is 0 Å². The highest BCUT2D eigenvalue weighted by Gasteiger charge is 2.12. The minimum atomic E-state index is 0.358. The molecule has 4 nitrogen and oxygen atoms in total. The van der Waals surface area contributed by atoms with Crippen LogP contribution in [0.1, 0.15) is 32.1 Å². The SMILES string of the molecule is N/C(CCC[NH+]1CCCCC1)=N/O. The second-order valence-corrected chi connectivity index (χ2v) is 3.76. The van der Waals surface area contributed by atoms with E-state index in [2.05, 4.69) is 5.16 Å². The number of hydrogen-bond donors (Lipinski definition) is 3. The van der Waals surface area contributed by atoms with E-state index in [1.807, 2.05) is 0 Å². The van der Waals surface area contributed by atoms with Crippen molar-refractivity contribution in [2.45, 2.75) is 32.1 Å². The molecule has 1 aliphatic rings. The van der Waals surface area contributed by atoms with Crippen molar-refractivity contribution in [1.82, 2.24) is 0 Å². The summed E-state index contributed by atoms with van der Waals surface area (Å²) in [7, 11) is 0. The summed E-state index contributed by atoms with van der Waals surface area (Å²) in [5.41, 5.74) is 5.38.